The lowest BCUT2D eigenvalue weighted by molar-refractivity contribution is 0.00578. The fraction of sp³-hybridized carbons (Fsp3) is 0.550. The van der Waals surface area contributed by atoms with E-state index in [1.807, 2.05) is 72.7 Å². The van der Waals surface area contributed by atoms with Crippen LogP contribution in [0.3, 0.4) is 0 Å². The van der Waals surface area contributed by atoms with Crippen LogP contribution in [0.15, 0.2) is 24.3 Å². The molecule has 6 nitrogen and oxygen atoms in total. The average Bonchev–Trinajstić information content (AvgIpc) is 2.99. The highest BCUT2D eigenvalue weighted by atomic mass is 16.7. The normalized spacial score (nSPS) is 18.7. The maximum Gasteiger partial charge on any atom is 0.513 e. The molecule has 0 spiro atoms. The summed E-state index contributed by atoms with van der Waals surface area (Å²) in [7, 11) is 0.933. The quantitative estimate of drug-likeness (QED) is 0.751. The number of ether oxygens (including phenoxy) is 2. The van der Waals surface area contributed by atoms with Crippen LogP contribution in [0.2, 0.25) is 0 Å². The van der Waals surface area contributed by atoms with Crippen molar-refractivity contribution >= 4 is 29.7 Å². The van der Waals surface area contributed by atoms with E-state index in [0.29, 0.717) is 11.3 Å². The number of carbonyl (C=O) groups is 1. The summed E-state index contributed by atoms with van der Waals surface area (Å²) in [5.74, 6) is 0.712. The Kier molecular flexibility index (Phi) is 4.60. The van der Waals surface area contributed by atoms with E-state index in [1.54, 1.807) is 7.11 Å². The van der Waals surface area contributed by atoms with Crippen molar-refractivity contribution in [1.82, 2.24) is 4.57 Å². The Morgan fingerprint density at radius 1 is 1.07 bits per heavy atom. The molecule has 1 aromatic carbocycles. The van der Waals surface area contributed by atoms with Gasteiger partial charge < -0.3 is 18.8 Å². The molecular formula is C20H28BNO5. The van der Waals surface area contributed by atoms with Crippen LogP contribution in [0.5, 0.6) is 5.75 Å². The molecule has 0 atom stereocenters. The summed E-state index contributed by atoms with van der Waals surface area (Å²) in [6.45, 7) is 13.5. The third-order valence-corrected chi connectivity index (χ3v) is 5.11. The zero-order chi connectivity index (χ0) is 20.2. The topological polar surface area (TPSA) is 58.9 Å². The first-order chi connectivity index (χ1) is 12.3. The molecule has 0 aliphatic carbocycles. The number of rotatable bonds is 2. The Labute approximate surface area is 160 Å². The van der Waals surface area contributed by atoms with Gasteiger partial charge >= 0.3 is 13.2 Å². The maximum absolute atomic E-state index is 13.0. The summed E-state index contributed by atoms with van der Waals surface area (Å²) in [6.07, 6.45) is -0.465. The third-order valence-electron chi connectivity index (χ3n) is 5.11. The largest absolute Gasteiger partial charge is 0.513 e. The first-order valence-electron chi connectivity index (χ1n) is 9.13. The van der Waals surface area contributed by atoms with Gasteiger partial charge in [-0.25, -0.2) is 4.79 Å². The minimum absolute atomic E-state index is 0.465. The van der Waals surface area contributed by atoms with Crippen LogP contribution in [0.1, 0.15) is 48.5 Å². The van der Waals surface area contributed by atoms with Gasteiger partial charge in [-0.1, -0.05) is 0 Å². The van der Waals surface area contributed by atoms with Gasteiger partial charge in [0, 0.05) is 5.39 Å². The molecule has 0 radical (unpaired) electrons. The minimum atomic E-state index is -0.680. The van der Waals surface area contributed by atoms with Crippen LogP contribution in [0.4, 0.5) is 4.79 Å². The van der Waals surface area contributed by atoms with Crippen molar-refractivity contribution in [3.8, 4) is 5.75 Å². The second-order valence-corrected chi connectivity index (χ2v) is 8.90. The van der Waals surface area contributed by atoms with E-state index in [4.69, 9.17) is 18.8 Å². The van der Waals surface area contributed by atoms with Gasteiger partial charge in [0.2, 0.25) is 0 Å². The van der Waals surface area contributed by atoms with Crippen molar-refractivity contribution in [2.75, 3.05) is 7.11 Å². The van der Waals surface area contributed by atoms with Crippen LogP contribution in [0.25, 0.3) is 10.9 Å². The van der Waals surface area contributed by atoms with Crippen molar-refractivity contribution in [3.63, 3.8) is 0 Å². The molecule has 1 aromatic heterocycles. The van der Waals surface area contributed by atoms with E-state index in [9.17, 15) is 4.79 Å². The van der Waals surface area contributed by atoms with E-state index in [0.717, 1.165) is 10.9 Å². The summed E-state index contributed by atoms with van der Waals surface area (Å²) in [4.78, 5) is 13.0. The molecule has 0 saturated carbocycles. The van der Waals surface area contributed by atoms with Gasteiger partial charge in [-0.2, -0.15) is 0 Å². The summed E-state index contributed by atoms with van der Waals surface area (Å²) in [5.41, 5.74) is -0.316. The lowest BCUT2D eigenvalue weighted by Gasteiger charge is -2.32. The average molecular weight is 373 g/mol. The third kappa shape index (κ3) is 3.58. The van der Waals surface area contributed by atoms with E-state index in [2.05, 4.69) is 0 Å². The smallest absolute Gasteiger partial charge is 0.497 e. The molecule has 2 aromatic rings. The highest BCUT2D eigenvalue weighted by Gasteiger charge is 2.53. The van der Waals surface area contributed by atoms with E-state index < -0.39 is 30.0 Å². The second-order valence-electron chi connectivity index (χ2n) is 8.90. The van der Waals surface area contributed by atoms with Gasteiger partial charge in [0.05, 0.1) is 29.4 Å². The number of aromatic nitrogens is 1. The Balaban J connectivity index is 2.14. The first kappa shape index (κ1) is 19.8. The van der Waals surface area contributed by atoms with Gasteiger partial charge in [-0.05, 0) is 72.7 Å². The zero-order valence-electron chi connectivity index (χ0n) is 17.4. The predicted molar refractivity (Wildman–Crippen MR) is 106 cm³/mol. The monoisotopic (exact) mass is 373 g/mol. The molecule has 146 valence electrons. The van der Waals surface area contributed by atoms with Crippen LogP contribution in [-0.4, -0.2) is 41.7 Å². The molecular weight excluding hydrogens is 345 g/mol. The summed E-state index contributed by atoms with van der Waals surface area (Å²) < 4.78 is 24.8. The summed E-state index contributed by atoms with van der Waals surface area (Å²) in [5, 5.41) is 0.852. The van der Waals surface area contributed by atoms with E-state index in [-0.39, 0.29) is 0 Å². The molecule has 3 rings (SSSR count). The van der Waals surface area contributed by atoms with Crippen molar-refractivity contribution in [2.24, 2.45) is 0 Å². The fourth-order valence-corrected chi connectivity index (χ4v) is 2.99. The zero-order valence-corrected chi connectivity index (χ0v) is 17.4. The number of hydrogen-bond acceptors (Lipinski definition) is 5. The number of benzene rings is 1. The SMILES string of the molecule is COc1ccc2c(c1)cc(B1OC(C)(C)C(C)(C)O1)n2C(=O)OC(C)(C)C. The first-order valence-corrected chi connectivity index (χ1v) is 9.13. The molecule has 0 unspecified atom stereocenters. The van der Waals surface area contributed by atoms with Crippen molar-refractivity contribution in [3.05, 3.63) is 24.3 Å². The van der Waals surface area contributed by atoms with Gasteiger partial charge in [0.1, 0.15) is 11.4 Å². The highest BCUT2D eigenvalue weighted by molar-refractivity contribution is 6.62. The number of hydrogen-bond donors (Lipinski definition) is 0. The highest BCUT2D eigenvalue weighted by Crippen LogP contribution is 2.37. The number of fused-ring (bicyclic) bond motifs is 1. The Bertz CT molecular complexity index is 862. The van der Waals surface area contributed by atoms with Crippen molar-refractivity contribution in [2.45, 2.75) is 65.3 Å². The Hall–Kier alpha value is -1.99. The summed E-state index contributed by atoms with van der Waals surface area (Å²) in [6, 6.07) is 7.43. The number of carbonyl (C=O) groups excluding carboxylic acids is 1. The van der Waals surface area contributed by atoms with Crippen LogP contribution >= 0.6 is 0 Å². The van der Waals surface area contributed by atoms with Gasteiger partial charge in [0.15, 0.2) is 0 Å². The Morgan fingerprint density at radius 3 is 2.19 bits per heavy atom. The molecule has 1 saturated heterocycles. The molecule has 0 amide bonds. The molecule has 27 heavy (non-hydrogen) atoms. The minimum Gasteiger partial charge on any atom is -0.497 e. The molecule has 0 bridgehead atoms. The fourth-order valence-electron chi connectivity index (χ4n) is 2.99. The van der Waals surface area contributed by atoms with E-state index in [1.165, 1.54) is 4.57 Å². The van der Waals surface area contributed by atoms with Crippen molar-refractivity contribution < 1.29 is 23.6 Å². The van der Waals surface area contributed by atoms with Crippen molar-refractivity contribution in [1.29, 1.82) is 0 Å². The molecule has 0 N–H and O–H groups in total. The Morgan fingerprint density at radius 2 is 1.67 bits per heavy atom. The van der Waals surface area contributed by atoms with Gasteiger partial charge in [-0.15, -0.1) is 0 Å². The predicted octanol–water partition coefficient (Wildman–Crippen LogP) is 3.73. The lowest BCUT2D eigenvalue weighted by Crippen LogP contribution is -2.43. The molecule has 1 aliphatic heterocycles. The molecule has 2 heterocycles. The second kappa shape index (κ2) is 6.28. The molecule has 1 fully saturated rings. The maximum atomic E-state index is 13.0. The number of methoxy groups -OCH3 is 1. The molecule has 7 heteroatoms. The van der Waals surface area contributed by atoms with E-state index >= 15 is 0 Å². The lowest BCUT2D eigenvalue weighted by atomic mass is 9.84. The van der Waals surface area contributed by atoms with Gasteiger partial charge in [-0.3, -0.25) is 4.57 Å². The van der Waals surface area contributed by atoms with Gasteiger partial charge in [0.25, 0.3) is 0 Å². The summed E-state index contributed by atoms with van der Waals surface area (Å²) >= 11 is 0. The van der Waals surface area contributed by atoms with Crippen LogP contribution < -0.4 is 10.3 Å². The van der Waals surface area contributed by atoms with Crippen LogP contribution in [0, 0.1) is 0 Å². The molecule has 1 aliphatic rings. The number of nitrogens with zero attached hydrogens (tertiary/aromatic N) is 1. The standard InChI is InChI=1S/C20H28BNO5/c1-18(2,3)25-17(23)22-15-10-9-14(24-8)11-13(15)12-16(22)21-26-19(4,5)20(6,7)27-21/h9-12H,1-8H3. The van der Waals surface area contributed by atoms with Crippen LogP contribution in [-0.2, 0) is 14.0 Å².